The van der Waals surface area contributed by atoms with E-state index in [1.54, 1.807) is 0 Å². The molecule has 0 radical (unpaired) electrons. The molecule has 0 N–H and O–H groups in total. The van der Waals surface area contributed by atoms with Gasteiger partial charge in [-0.2, -0.15) is 0 Å². The summed E-state index contributed by atoms with van der Waals surface area (Å²) in [5.41, 5.74) is -0.143. The Morgan fingerprint density at radius 2 is 1.94 bits per heavy atom. The highest BCUT2D eigenvalue weighted by Crippen LogP contribution is 2.47. The molecule has 1 rings (SSSR count). The van der Waals surface area contributed by atoms with Crippen LogP contribution >= 0.6 is 0 Å². The van der Waals surface area contributed by atoms with Crippen molar-refractivity contribution in [1.29, 1.82) is 0 Å². The molecule has 0 aliphatic heterocycles. The molecule has 0 aromatic carbocycles. The molecule has 0 heterocycles. The van der Waals surface area contributed by atoms with Gasteiger partial charge in [-0.05, 0) is 17.8 Å². The van der Waals surface area contributed by atoms with Crippen LogP contribution in [0, 0.1) is 17.3 Å². The van der Waals surface area contributed by atoms with Gasteiger partial charge < -0.3 is 4.74 Å². The monoisotopic (exact) mass is 234 g/mol. The van der Waals surface area contributed by atoms with Crippen LogP contribution in [0.15, 0.2) is 0 Å². The third-order valence-corrected chi connectivity index (χ3v) is 3.44. The molecule has 94 valence electrons. The second-order valence-electron chi connectivity index (χ2n) is 5.70. The van der Waals surface area contributed by atoms with Gasteiger partial charge >= 0.3 is 5.97 Å². The summed E-state index contributed by atoms with van der Waals surface area (Å²) in [5.74, 6) is -3.92. The fraction of sp³-hybridized carbons (Fsp3) is 0.917. The lowest BCUT2D eigenvalue weighted by Crippen LogP contribution is -2.42. The van der Waals surface area contributed by atoms with E-state index < -0.39 is 17.8 Å². The van der Waals surface area contributed by atoms with Gasteiger partial charge in [0.05, 0.1) is 13.0 Å². The normalized spacial score (nSPS) is 29.9. The molecule has 4 heteroatoms. The summed E-state index contributed by atoms with van der Waals surface area (Å²) < 4.78 is 31.2. The predicted octanol–water partition coefficient (Wildman–Crippen LogP) is 3.26. The van der Waals surface area contributed by atoms with E-state index in [2.05, 4.69) is 4.74 Å². The first kappa shape index (κ1) is 13.4. The number of esters is 1. The zero-order valence-electron chi connectivity index (χ0n) is 10.3. The van der Waals surface area contributed by atoms with Gasteiger partial charge in [0, 0.05) is 12.8 Å². The van der Waals surface area contributed by atoms with E-state index in [1.807, 2.05) is 20.8 Å². The Hall–Kier alpha value is -0.670. The minimum atomic E-state index is -2.72. The van der Waals surface area contributed by atoms with Crippen molar-refractivity contribution in [3.63, 3.8) is 0 Å². The molecular formula is C12H20F2O2. The third-order valence-electron chi connectivity index (χ3n) is 3.44. The average molecular weight is 234 g/mol. The lowest BCUT2D eigenvalue weighted by molar-refractivity contribution is -0.161. The molecule has 0 amide bonds. The molecule has 0 spiro atoms. The highest BCUT2D eigenvalue weighted by Gasteiger charge is 2.48. The van der Waals surface area contributed by atoms with Crippen LogP contribution in [0.4, 0.5) is 8.78 Å². The number of carbonyl (C=O) groups is 1. The molecule has 2 nitrogen and oxygen atoms in total. The first-order chi connectivity index (χ1) is 7.17. The first-order valence-corrected chi connectivity index (χ1v) is 5.63. The van der Waals surface area contributed by atoms with Crippen molar-refractivity contribution in [1.82, 2.24) is 0 Å². The van der Waals surface area contributed by atoms with Crippen molar-refractivity contribution >= 4 is 5.97 Å². The number of carbonyl (C=O) groups excluding carboxylic acids is 1. The molecule has 1 aliphatic carbocycles. The zero-order valence-corrected chi connectivity index (χ0v) is 10.3. The average Bonchev–Trinajstić information content (AvgIpc) is 2.13. The summed E-state index contributed by atoms with van der Waals surface area (Å²) in [4.78, 5) is 11.6. The van der Waals surface area contributed by atoms with Gasteiger partial charge in [0.25, 0.3) is 0 Å². The molecule has 0 aromatic rings. The number of halogens is 2. The lowest BCUT2D eigenvalue weighted by atomic mass is 9.65. The van der Waals surface area contributed by atoms with Crippen molar-refractivity contribution in [2.24, 2.45) is 17.3 Å². The summed E-state index contributed by atoms with van der Waals surface area (Å²) >= 11 is 0. The third kappa shape index (κ3) is 2.92. The standard InChI is InChI=1S/C12H20F2O2/c1-11(2,3)9-5-6-12(13,14)7-8(9)10(15)16-4/h8-9H,5-7H2,1-4H3. The van der Waals surface area contributed by atoms with Crippen LogP contribution < -0.4 is 0 Å². The van der Waals surface area contributed by atoms with E-state index in [0.29, 0.717) is 6.42 Å². The van der Waals surface area contributed by atoms with E-state index >= 15 is 0 Å². The quantitative estimate of drug-likeness (QED) is 0.651. The molecule has 1 aliphatic rings. The highest BCUT2D eigenvalue weighted by atomic mass is 19.3. The second-order valence-corrected chi connectivity index (χ2v) is 5.70. The smallest absolute Gasteiger partial charge is 0.309 e. The Labute approximate surface area is 95.4 Å². The number of hydrogen-bond acceptors (Lipinski definition) is 2. The van der Waals surface area contributed by atoms with Crippen molar-refractivity contribution in [2.45, 2.75) is 46.0 Å². The minimum Gasteiger partial charge on any atom is -0.469 e. The highest BCUT2D eigenvalue weighted by molar-refractivity contribution is 5.73. The zero-order chi connectivity index (χ0) is 12.6. The van der Waals surface area contributed by atoms with Crippen LogP contribution in [-0.2, 0) is 9.53 Å². The number of alkyl halides is 2. The topological polar surface area (TPSA) is 26.3 Å². The van der Waals surface area contributed by atoms with Crippen LogP contribution in [0.3, 0.4) is 0 Å². The number of methoxy groups -OCH3 is 1. The fourth-order valence-corrected chi connectivity index (χ4v) is 2.57. The van der Waals surface area contributed by atoms with Crippen molar-refractivity contribution in [3.8, 4) is 0 Å². The van der Waals surface area contributed by atoms with E-state index in [1.165, 1.54) is 7.11 Å². The Balaban J connectivity index is 2.89. The van der Waals surface area contributed by atoms with Gasteiger partial charge in [0.1, 0.15) is 0 Å². The molecule has 1 saturated carbocycles. The SMILES string of the molecule is COC(=O)C1CC(F)(F)CCC1C(C)(C)C. The Bertz CT molecular complexity index is 269. The molecule has 0 aromatic heterocycles. The number of hydrogen-bond donors (Lipinski definition) is 0. The van der Waals surface area contributed by atoms with E-state index in [9.17, 15) is 13.6 Å². The van der Waals surface area contributed by atoms with Crippen molar-refractivity contribution in [2.75, 3.05) is 7.11 Å². The number of rotatable bonds is 1. The fourth-order valence-electron chi connectivity index (χ4n) is 2.57. The first-order valence-electron chi connectivity index (χ1n) is 5.63. The Morgan fingerprint density at radius 1 is 1.38 bits per heavy atom. The summed E-state index contributed by atoms with van der Waals surface area (Å²) in [5, 5.41) is 0. The summed E-state index contributed by atoms with van der Waals surface area (Å²) in [6, 6.07) is 0. The van der Waals surface area contributed by atoms with Gasteiger partial charge in [-0.15, -0.1) is 0 Å². The van der Waals surface area contributed by atoms with Crippen LogP contribution in [0.1, 0.15) is 40.0 Å². The van der Waals surface area contributed by atoms with Crippen molar-refractivity contribution < 1.29 is 18.3 Å². The molecule has 0 saturated heterocycles. The summed E-state index contributed by atoms with van der Waals surface area (Å²) in [7, 11) is 1.26. The van der Waals surface area contributed by atoms with Gasteiger partial charge in [-0.3, -0.25) is 4.79 Å². The van der Waals surface area contributed by atoms with E-state index in [-0.39, 0.29) is 24.2 Å². The molecule has 2 unspecified atom stereocenters. The maximum absolute atomic E-state index is 13.3. The molecule has 0 bridgehead atoms. The van der Waals surface area contributed by atoms with Crippen LogP contribution in [0.2, 0.25) is 0 Å². The molecular weight excluding hydrogens is 214 g/mol. The summed E-state index contributed by atoms with van der Waals surface area (Å²) in [6.07, 6.45) is -0.111. The molecule has 2 atom stereocenters. The van der Waals surface area contributed by atoms with Gasteiger partial charge in [-0.25, -0.2) is 8.78 Å². The molecule has 16 heavy (non-hydrogen) atoms. The van der Waals surface area contributed by atoms with Gasteiger partial charge in [0.2, 0.25) is 5.92 Å². The van der Waals surface area contributed by atoms with Crippen molar-refractivity contribution in [3.05, 3.63) is 0 Å². The maximum atomic E-state index is 13.3. The second kappa shape index (κ2) is 4.30. The van der Waals surface area contributed by atoms with E-state index in [4.69, 9.17) is 0 Å². The number of ether oxygens (including phenoxy) is 1. The maximum Gasteiger partial charge on any atom is 0.309 e. The Kier molecular flexibility index (Phi) is 3.60. The largest absolute Gasteiger partial charge is 0.469 e. The lowest BCUT2D eigenvalue weighted by Gasteiger charge is -2.41. The van der Waals surface area contributed by atoms with Crippen LogP contribution in [0.5, 0.6) is 0 Å². The van der Waals surface area contributed by atoms with Gasteiger partial charge in [0.15, 0.2) is 0 Å². The minimum absolute atomic E-state index is 0.0282. The Morgan fingerprint density at radius 3 is 2.38 bits per heavy atom. The molecule has 1 fully saturated rings. The van der Waals surface area contributed by atoms with Gasteiger partial charge in [-0.1, -0.05) is 20.8 Å². The predicted molar refractivity (Wildman–Crippen MR) is 57.2 cm³/mol. The summed E-state index contributed by atoms with van der Waals surface area (Å²) in [6.45, 7) is 5.95. The van der Waals surface area contributed by atoms with E-state index in [0.717, 1.165) is 0 Å². The van der Waals surface area contributed by atoms with Crippen LogP contribution in [0.25, 0.3) is 0 Å². The van der Waals surface area contributed by atoms with Crippen LogP contribution in [-0.4, -0.2) is 19.0 Å².